The molecule has 0 saturated heterocycles. The summed E-state index contributed by atoms with van der Waals surface area (Å²) in [5.74, 6) is -3.11. The van der Waals surface area contributed by atoms with Crippen molar-refractivity contribution in [1.82, 2.24) is 5.32 Å². The number of rotatable bonds is 4. The highest BCUT2D eigenvalue weighted by Gasteiger charge is 2.30. The van der Waals surface area contributed by atoms with Crippen molar-refractivity contribution in [2.75, 3.05) is 0 Å². The number of carbonyl (C=O) groups excluding carboxylic acids is 1. The van der Waals surface area contributed by atoms with Gasteiger partial charge in [-0.15, -0.1) is 0 Å². The molecule has 4 nitrogen and oxygen atoms in total. The van der Waals surface area contributed by atoms with Gasteiger partial charge in [0.25, 0.3) is 0 Å². The Balaban J connectivity index is 1.88. The van der Waals surface area contributed by atoms with Crippen molar-refractivity contribution < 1.29 is 23.5 Å². The van der Waals surface area contributed by atoms with E-state index in [1.165, 1.54) is 6.07 Å². The number of carboxylic acid groups (broad SMARTS) is 1. The fourth-order valence-electron chi connectivity index (χ4n) is 2.45. The lowest BCUT2D eigenvalue weighted by molar-refractivity contribution is -0.141. The van der Waals surface area contributed by atoms with E-state index in [1.807, 2.05) is 0 Å². The summed E-state index contributed by atoms with van der Waals surface area (Å²) in [6, 6.07) is 2.88. The van der Waals surface area contributed by atoms with Crippen LogP contribution in [0, 0.1) is 17.6 Å². The summed E-state index contributed by atoms with van der Waals surface area (Å²) in [5.41, 5.74) is 0.122. The highest BCUT2D eigenvalue weighted by atomic mass is 19.1. The van der Waals surface area contributed by atoms with Gasteiger partial charge in [0.1, 0.15) is 11.6 Å². The van der Waals surface area contributed by atoms with Gasteiger partial charge in [-0.25, -0.2) is 8.78 Å². The van der Waals surface area contributed by atoms with Crippen LogP contribution in [0.15, 0.2) is 18.2 Å². The van der Waals surface area contributed by atoms with Crippen LogP contribution in [0.3, 0.4) is 0 Å². The van der Waals surface area contributed by atoms with Gasteiger partial charge in [0, 0.05) is 12.1 Å². The van der Waals surface area contributed by atoms with E-state index in [0.29, 0.717) is 19.3 Å². The molecule has 0 bridgehead atoms. The smallest absolute Gasteiger partial charge is 0.306 e. The maximum absolute atomic E-state index is 13.4. The molecule has 2 atom stereocenters. The lowest BCUT2D eigenvalue weighted by Crippen LogP contribution is -2.34. The van der Waals surface area contributed by atoms with Crippen LogP contribution in [0.1, 0.15) is 24.8 Å². The first-order chi connectivity index (χ1) is 9.45. The fourth-order valence-corrected chi connectivity index (χ4v) is 2.45. The minimum atomic E-state index is -0.855. The number of nitrogens with one attached hydrogen (secondary N) is 1. The van der Waals surface area contributed by atoms with E-state index in [0.717, 1.165) is 12.1 Å². The third kappa shape index (κ3) is 3.53. The Kier molecular flexibility index (Phi) is 4.32. The van der Waals surface area contributed by atoms with Crippen LogP contribution in [-0.2, 0) is 16.0 Å². The summed E-state index contributed by atoms with van der Waals surface area (Å²) >= 11 is 0. The van der Waals surface area contributed by atoms with Gasteiger partial charge in [0.15, 0.2) is 0 Å². The van der Waals surface area contributed by atoms with Gasteiger partial charge in [-0.3, -0.25) is 9.59 Å². The van der Waals surface area contributed by atoms with Gasteiger partial charge in [-0.2, -0.15) is 0 Å². The normalized spacial score (nSPS) is 21.7. The molecule has 2 rings (SSSR count). The van der Waals surface area contributed by atoms with Crippen LogP contribution >= 0.6 is 0 Å². The van der Waals surface area contributed by atoms with Crippen molar-refractivity contribution in [2.45, 2.75) is 31.7 Å². The van der Waals surface area contributed by atoms with Crippen LogP contribution < -0.4 is 5.32 Å². The Morgan fingerprint density at radius 1 is 1.30 bits per heavy atom. The lowest BCUT2D eigenvalue weighted by atomic mass is 10.1. The maximum Gasteiger partial charge on any atom is 0.306 e. The molecule has 20 heavy (non-hydrogen) atoms. The SMILES string of the molecule is O=C(Cc1ccc(F)cc1F)N[C@H]1CC[C@@H](C(=O)O)C1. The van der Waals surface area contributed by atoms with E-state index in [-0.39, 0.29) is 23.9 Å². The van der Waals surface area contributed by atoms with Crippen molar-refractivity contribution >= 4 is 11.9 Å². The highest BCUT2D eigenvalue weighted by molar-refractivity contribution is 5.79. The number of hydrogen-bond acceptors (Lipinski definition) is 2. The molecule has 0 aromatic heterocycles. The van der Waals surface area contributed by atoms with E-state index in [1.54, 1.807) is 0 Å². The van der Waals surface area contributed by atoms with Gasteiger partial charge >= 0.3 is 5.97 Å². The molecule has 1 aromatic carbocycles. The van der Waals surface area contributed by atoms with E-state index < -0.39 is 23.5 Å². The van der Waals surface area contributed by atoms with E-state index in [9.17, 15) is 18.4 Å². The molecule has 6 heteroatoms. The van der Waals surface area contributed by atoms with Crippen LogP contribution in [0.25, 0.3) is 0 Å². The topological polar surface area (TPSA) is 66.4 Å². The highest BCUT2D eigenvalue weighted by Crippen LogP contribution is 2.25. The minimum Gasteiger partial charge on any atom is -0.481 e. The van der Waals surface area contributed by atoms with Crippen LogP contribution in [0.2, 0.25) is 0 Å². The fraction of sp³-hybridized carbons (Fsp3) is 0.429. The van der Waals surface area contributed by atoms with Crippen LogP contribution in [0.5, 0.6) is 0 Å². The van der Waals surface area contributed by atoms with Crippen molar-refractivity contribution in [3.8, 4) is 0 Å². The molecule has 0 spiro atoms. The zero-order valence-electron chi connectivity index (χ0n) is 10.7. The number of halogens is 2. The molecule has 1 amide bonds. The quantitative estimate of drug-likeness (QED) is 0.886. The monoisotopic (exact) mass is 283 g/mol. The molecule has 1 aliphatic rings. The van der Waals surface area contributed by atoms with Gasteiger partial charge in [0.05, 0.1) is 12.3 Å². The van der Waals surface area contributed by atoms with Crippen LogP contribution in [0.4, 0.5) is 8.78 Å². The third-order valence-electron chi connectivity index (χ3n) is 3.51. The molecule has 1 saturated carbocycles. The lowest BCUT2D eigenvalue weighted by Gasteiger charge is -2.12. The van der Waals surface area contributed by atoms with E-state index in [2.05, 4.69) is 5.32 Å². The molecule has 0 heterocycles. The van der Waals surface area contributed by atoms with Crippen molar-refractivity contribution in [2.24, 2.45) is 5.92 Å². The Labute approximate surface area is 114 Å². The first kappa shape index (κ1) is 14.4. The number of carbonyl (C=O) groups is 2. The summed E-state index contributed by atoms with van der Waals surface area (Å²) in [7, 11) is 0. The molecule has 2 N–H and O–H groups in total. The summed E-state index contributed by atoms with van der Waals surface area (Å²) < 4.78 is 26.1. The zero-order valence-corrected chi connectivity index (χ0v) is 10.7. The molecule has 1 aromatic rings. The maximum atomic E-state index is 13.4. The number of amides is 1. The molecule has 0 radical (unpaired) electrons. The minimum absolute atomic E-state index is 0.122. The van der Waals surface area contributed by atoms with Crippen molar-refractivity contribution in [3.05, 3.63) is 35.4 Å². The Hall–Kier alpha value is -1.98. The summed E-state index contributed by atoms with van der Waals surface area (Å²) in [4.78, 5) is 22.6. The summed E-state index contributed by atoms with van der Waals surface area (Å²) in [6.07, 6.45) is 1.35. The number of aliphatic carboxylic acids is 1. The first-order valence-corrected chi connectivity index (χ1v) is 6.42. The third-order valence-corrected chi connectivity index (χ3v) is 3.51. The second kappa shape index (κ2) is 5.98. The van der Waals surface area contributed by atoms with Crippen molar-refractivity contribution in [1.29, 1.82) is 0 Å². The standard InChI is InChI=1S/C14H15F2NO3/c15-10-3-1-8(12(16)7-10)6-13(18)17-11-4-2-9(5-11)14(19)20/h1,3,7,9,11H,2,4-6H2,(H,17,18)(H,19,20)/t9-,11+/m1/s1. The number of carboxylic acids is 1. The average molecular weight is 283 g/mol. The predicted molar refractivity (Wildman–Crippen MR) is 67.0 cm³/mol. The Bertz CT molecular complexity index is 533. The Morgan fingerprint density at radius 3 is 2.65 bits per heavy atom. The van der Waals surface area contributed by atoms with Gasteiger partial charge in [-0.05, 0) is 30.9 Å². The first-order valence-electron chi connectivity index (χ1n) is 6.42. The van der Waals surface area contributed by atoms with Crippen molar-refractivity contribution in [3.63, 3.8) is 0 Å². The summed E-state index contributed by atoms with van der Waals surface area (Å²) in [5, 5.41) is 11.6. The molecule has 0 aliphatic heterocycles. The number of hydrogen-bond donors (Lipinski definition) is 2. The summed E-state index contributed by atoms with van der Waals surface area (Å²) in [6.45, 7) is 0. The number of benzene rings is 1. The second-order valence-corrected chi connectivity index (χ2v) is 5.03. The van der Waals surface area contributed by atoms with E-state index >= 15 is 0 Å². The molecule has 0 unspecified atom stereocenters. The van der Waals surface area contributed by atoms with E-state index in [4.69, 9.17) is 5.11 Å². The van der Waals surface area contributed by atoms with Gasteiger partial charge in [-0.1, -0.05) is 6.07 Å². The molecule has 1 fully saturated rings. The van der Waals surface area contributed by atoms with Gasteiger partial charge in [0.2, 0.25) is 5.91 Å². The molecule has 108 valence electrons. The second-order valence-electron chi connectivity index (χ2n) is 5.03. The van der Waals surface area contributed by atoms with Crippen LogP contribution in [-0.4, -0.2) is 23.0 Å². The van der Waals surface area contributed by atoms with Gasteiger partial charge < -0.3 is 10.4 Å². The molecular weight excluding hydrogens is 268 g/mol. The Morgan fingerprint density at radius 2 is 2.05 bits per heavy atom. The zero-order chi connectivity index (χ0) is 14.7. The molecule has 1 aliphatic carbocycles. The largest absolute Gasteiger partial charge is 0.481 e. The predicted octanol–water partition coefficient (Wildman–Crippen LogP) is 1.88. The molecular formula is C14H15F2NO3. The average Bonchev–Trinajstić information content (AvgIpc) is 2.81.